The van der Waals surface area contributed by atoms with E-state index in [1.807, 2.05) is 35.2 Å². The monoisotopic (exact) mass is 403 g/mol. The summed E-state index contributed by atoms with van der Waals surface area (Å²) < 4.78 is 1.73. The molecule has 0 N–H and O–H groups in total. The van der Waals surface area contributed by atoms with Crippen LogP contribution in [0.2, 0.25) is 0 Å². The number of carbonyl (C=O) groups is 1. The van der Waals surface area contributed by atoms with Crippen molar-refractivity contribution in [3.8, 4) is 5.69 Å². The van der Waals surface area contributed by atoms with Crippen LogP contribution in [0.4, 0.5) is 11.4 Å². The highest BCUT2D eigenvalue weighted by Crippen LogP contribution is 2.32. The number of hydrogen-bond donors (Lipinski definition) is 0. The minimum absolute atomic E-state index is 0.113. The van der Waals surface area contributed by atoms with Gasteiger partial charge in [-0.1, -0.05) is 18.2 Å². The van der Waals surface area contributed by atoms with E-state index in [0.717, 1.165) is 50.5 Å². The molecule has 8 heteroatoms. The molecule has 3 heterocycles. The van der Waals surface area contributed by atoms with Gasteiger partial charge in [0.15, 0.2) is 0 Å². The van der Waals surface area contributed by atoms with E-state index in [1.54, 1.807) is 11.0 Å². The summed E-state index contributed by atoms with van der Waals surface area (Å²) >= 11 is 0. The lowest BCUT2D eigenvalue weighted by Gasteiger charge is -2.36. The van der Waals surface area contributed by atoms with E-state index < -0.39 is 0 Å². The number of aromatic nitrogens is 4. The average Bonchev–Trinajstić information content (AvgIpc) is 3.53. The second-order valence-electron chi connectivity index (χ2n) is 7.77. The molecule has 8 nitrogen and oxygen atoms in total. The molecule has 0 spiro atoms. The fraction of sp³-hybridized carbons (Fsp3) is 0.364. The maximum Gasteiger partial charge on any atom is 0.253 e. The predicted molar refractivity (Wildman–Crippen MR) is 115 cm³/mol. The highest BCUT2D eigenvalue weighted by Gasteiger charge is 2.24. The number of amides is 1. The third-order valence-electron chi connectivity index (χ3n) is 5.95. The Morgan fingerprint density at radius 3 is 2.27 bits per heavy atom. The third-order valence-corrected chi connectivity index (χ3v) is 5.95. The summed E-state index contributed by atoms with van der Waals surface area (Å²) in [5.74, 6) is 0.113. The SMILES string of the molecule is O=C(c1ccccc1)N1CCN(c2ccc(-n3cnnn3)c(N3CCCC3)c2)CC1. The molecule has 2 aliphatic rings. The van der Waals surface area contributed by atoms with Crippen molar-refractivity contribution in [1.29, 1.82) is 0 Å². The lowest BCUT2D eigenvalue weighted by atomic mass is 10.1. The second kappa shape index (κ2) is 8.14. The Kier molecular flexibility index (Phi) is 5.04. The minimum Gasteiger partial charge on any atom is -0.370 e. The summed E-state index contributed by atoms with van der Waals surface area (Å²) in [5.41, 5.74) is 4.11. The second-order valence-corrected chi connectivity index (χ2v) is 7.77. The molecule has 0 atom stereocenters. The Hall–Kier alpha value is -3.42. The lowest BCUT2D eigenvalue weighted by Crippen LogP contribution is -2.48. The molecular weight excluding hydrogens is 378 g/mol. The van der Waals surface area contributed by atoms with Crippen molar-refractivity contribution in [3.63, 3.8) is 0 Å². The molecule has 3 aromatic rings. The average molecular weight is 403 g/mol. The van der Waals surface area contributed by atoms with Gasteiger partial charge in [0, 0.05) is 50.5 Å². The summed E-state index contributed by atoms with van der Waals surface area (Å²) in [4.78, 5) is 19.4. The van der Waals surface area contributed by atoms with Gasteiger partial charge < -0.3 is 14.7 Å². The molecule has 5 rings (SSSR count). The van der Waals surface area contributed by atoms with Gasteiger partial charge in [-0.2, -0.15) is 4.68 Å². The molecule has 0 saturated carbocycles. The van der Waals surface area contributed by atoms with Crippen LogP contribution in [-0.2, 0) is 0 Å². The number of hydrogen-bond acceptors (Lipinski definition) is 6. The number of rotatable bonds is 4. The molecule has 2 aliphatic heterocycles. The van der Waals surface area contributed by atoms with Crippen LogP contribution >= 0.6 is 0 Å². The molecule has 1 aromatic heterocycles. The molecule has 1 amide bonds. The number of tetrazole rings is 1. The van der Waals surface area contributed by atoms with Gasteiger partial charge in [0.25, 0.3) is 5.91 Å². The summed E-state index contributed by atoms with van der Waals surface area (Å²) in [5, 5.41) is 11.7. The summed E-state index contributed by atoms with van der Waals surface area (Å²) in [6.45, 7) is 5.20. The normalized spacial score (nSPS) is 16.9. The molecular formula is C22H25N7O. The van der Waals surface area contributed by atoms with Gasteiger partial charge in [-0.05, 0) is 53.6 Å². The smallest absolute Gasteiger partial charge is 0.253 e. The van der Waals surface area contributed by atoms with Gasteiger partial charge in [-0.3, -0.25) is 4.79 Å². The maximum atomic E-state index is 12.7. The molecule has 30 heavy (non-hydrogen) atoms. The van der Waals surface area contributed by atoms with Crippen LogP contribution in [0.1, 0.15) is 23.2 Å². The molecule has 2 aromatic carbocycles. The first kappa shape index (κ1) is 18.6. The van der Waals surface area contributed by atoms with Crippen molar-refractivity contribution in [2.24, 2.45) is 0 Å². The zero-order chi connectivity index (χ0) is 20.3. The van der Waals surface area contributed by atoms with E-state index in [4.69, 9.17) is 0 Å². The minimum atomic E-state index is 0.113. The number of carbonyl (C=O) groups excluding carboxylic acids is 1. The molecule has 0 aliphatic carbocycles. The van der Waals surface area contributed by atoms with E-state index in [-0.39, 0.29) is 5.91 Å². The Balaban J connectivity index is 1.34. The predicted octanol–water partition coefficient (Wildman–Crippen LogP) is 2.22. The van der Waals surface area contributed by atoms with Crippen molar-refractivity contribution in [3.05, 3.63) is 60.4 Å². The molecule has 0 radical (unpaired) electrons. The third kappa shape index (κ3) is 3.60. The first-order valence-electron chi connectivity index (χ1n) is 10.5. The van der Waals surface area contributed by atoms with Gasteiger partial charge in [0.05, 0.1) is 11.4 Å². The summed E-state index contributed by atoms with van der Waals surface area (Å²) in [7, 11) is 0. The van der Waals surface area contributed by atoms with Crippen LogP contribution < -0.4 is 9.80 Å². The molecule has 2 saturated heterocycles. The van der Waals surface area contributed by atoms with Crippen molar-refractivity contribution in [2.45, 2.75) is 12.8 Å². The van der Waals surface area contributed by atoms with E-state index in [9.17, 15) is 4.79 Å². The van der Waals surface area contributed by atoms with Gasteiger partial charge in [-0.15, -0.1) is 5.10 Å². The van der Waals surface area contributed by atoms with E-state index in [2.05, 4.69) is 43.5 Å². The number of anilines is 2. The number of piperazine rings is 1. The van der Waals surface area contributed by atoms with Gasteiger partial charge in [0.2, 0.25) is 0 Å². The van der Waals surface area contributed by atoms with Gasteiger partial charge in [-0.25, -0.2) is 0 Å². The van der Waals surface area contributed by atoms with Crippen LogP contribution in [0.15, 0.2) is 54.9 Å². The number of benzene rings is 2. The summed E-state index contributed by atoms with van der Waals surface area (Å²) in [6, 6.07) is 16.0. The Morgan fingerprint density at radius 2 is 1.57 bits per heavy atom. The Morgan fingerprint density at radius 1 is 0.800 bits per heavy atom. The van der Waals surface area contributed by atoms with Gasteiger partial charge in [0.1, 0.15) is 6.33 Å². The van der Waals surface area contributed by atoms with Crippen LogP contribution in [0.5, 0.6) is 0 Å². The molecule has 0 unspecified atom stereocenters. The largest absolute Gasteiger partial charge is 0.370 e. The Bertz CT molecular complexity index is 992. The van der Waals surface area contributed by atoms with Crippen molar-refractivity contribution in [2.75, 3.05) is 49.1 Å². The first-order chi connectivity index (χ1) is 14.8. The first-order valence-corrected chi connectivity index (χ1v) is 10.5. The zero-order valence-electron chi connectivity index (χ0n) is 16.9. The van der Waals surface area contributed by atoms with Crippen molar-refractivity contribution in [1.82, 2.24) is 25.1 Å². The number of nitrogens with zero attached hydrogens (tertiary/aromatic N) is 7. The van der Waals surface area contributed by atoms with E-state index in [1.165, 1.54) is 24.2 Å². The van der Waals surface area contributed by atoms with Crippen LogP contribution in [0, 0.1) is 0 Å². The van der Waals surface area contributed by atoms with Crippen LogP contribution in [-0.4, -0.2) is 70.3 Å². The maximum absolute atomic E-state index is 12.7. The van der Waals surface area contributed by atoms with Gasteiger partial charge >= 0.3 is 0 Å². The highest BCUT2D eigenvalue weighted by atomic mass is 16.2. The fourth-order valence-corrected chi connectivity index (χ4v) is 4.32. The summed E-state index contributed by atoms with van der Waals surface area (Å²) in [6.07, 6.45) is 4.06. The Labute approximate surface area is 175 Å². The van der Waals surface area contributed by atoms with Crippen molar-refractivity contribution < 1.29 is 4.79 Å². The molecule has 154 valence electrons. The fourth-order valence-electron chi connectivity index (χ4n) is 4.32. The van der Waals surface area contributed by atoms with Crippen LogP contribution in [0.3, 0.4) is 0 Å². The van der Waals surface area contributed by atoms with Crippen molar-refractivity contribution >= 4 is 17.3 Å². The van der Waals surface area contributed by atoms with E-state index in [0.29, 0.717) is 0 Å². The molecule has 0 bridgehead atoms. The van der Waals surface area contributed by atoms with Crippen LogP contribution in [0.25, 0.3) is 5.69 Å². The quantitative estimate of drug-likeness (QED) is 0.665. The highest BCUT2D eigenvalue weighted by molar-refractivity contribution is 5.94. The topological polar surface area (TPSA) is 70.4 Å². The zero-order valence-corrected chi connectivity index (χ0v) is 16.9. The molecule has 2 fully saturated rings. The lowest BCUT2D eigenvalue weighted by molar-refractivity contribution is 0.0747. The standard InChI is InChI=1S/C22H25N7O/c30-22(18-6-2-1-3-7-18)28-14-12-26(13-15-28)19-8-9-20(29-17-23-24-25-29)21(16-19)27-10-4-5-11-27/h1-3,6-9,16-17H,4-5,10-15H2. The van der Waals surface area contributed by atoms with E-state index >= 15 is 0 Å².